The van der Waals surface area contributed by atoms with Crippen LogP contribution in [-0.4, -0.2) is 10.7 Å². The second kappa shape index (κ2) is 5.83. The Balaban J connectivity index is 2.99. The van der Waals surface area contributed by atoms with E-state index in [1.54, 1.807) is 0 Å². The van der Waals surface area contributed by atoms with Gasteiger partial charge in [0, 0.05) is 10.7 Å². The molecule has 0 unspecified atom stereocenters. The molecule has 0 atom stereocenters. The van der Waals surface area contributed by atoms with E-state index in [0.29, 0.717) is 0 Å². The van der Waals surface area contributed by atoms with Crippen molar-refractivity contribution in [2.75, 3.05) is 10.7 Å². The maximum absolute atomic E-state index is 3.84. The number of hydrogen-bond donors (Lipinski definition) is 0. The van der Waals surface area contributed by atoms with Crippen LogP contribution in [0.15, 0.2) is 12.2 Å². The van der Waals surface area contributed by atoms with E-state index in [1.165, 1.54) is 12.0 Å². The second-order valence-electron chi connectivity index (χ2n) is 1.68. The van der Waals surface area contributed by atoms with Crippen LogP contribution in [0.25, 0.3) is 0 Å². The van der Waals surface area contributed by atoms with Gasteiger partial charge in [0.25, 0.3) is 0 Å². The van der Waals surface area contributed by atoms with Crippen molar-refractivity contribution in [1.29, 1.82) is 0 Å². The topological polar surface area (TPSA) is 0 Å². The zero-order chi connectivity index (χ0) is 6.41. The van der Waals surface area contributed by atoms with E-state index in [0.717, 1.165) is 17.1 Å². The van der Waals surface area contributed by atoms with Gasteiger partial charge in [0.2, 0.25) is 0 Å². The molecule has 0 N–H and O–H groups in total. The molecule has 0 amide bonds. The van der Waals surface area contributed by atoms with Crippen LogP contribution in [0.5, 0.6) is 0 Å². The molecule has 0 saturated carbocycles. The Kier molecular flexibility index (Phi) is 6.34. The zero-order valence-electron chi connectivity index (χ0n) is 4.79. The lowest BCUT2D eigenvalue weighted by Crippen LogP contribution is -1.82. The van der Waals surface area contributed by atoms with Crippen molar-refractivity contribution in [3.8, 4) is 0 Å². The third-order valence-electron chi connectivity index (χ3n) is 0.853. The first-order chi connectivity index (χ1) is 3.81. The van der Waals surface area contributed by atoms with Crippen molar-refractivity contribution in [2.45, 2.75) is 12.8 Å². The Bertz CT molecular complexity index is 68.9. The van der Waals surface area contributed by atoms with Crippen molar-refractivity contribution < 1.29 is 0 Å². The molecule has 0 bridgehead atoms. The van der Waals surface area contributed by atoms with E-state index in [4.69, 9.17) is 0 Å². The maximum Gasteiger partial charge on any atom is 0.0239 e. The number of halogens is 2. The van der Waals surface area contributed by atoms with Crippen LogP contribution >= 0.6 is 31.9 Å². The molecule has 2 heteroatoms. The Morgan fingerprint density at radius 1 is 1.38 bits per heavy atom. The van der Waals surface area contributed by atoms with Crippen LogP contribution in [0.4, 0.5) is 0 Å². The van der Waals surface area contributed by atoms with Crippen molar-refractivity contribution in [3.05, 3.63) is 12.2 Å². The molecule has 0 aromatic carbocycles. The van der Waals surface area contributed by atoms with E-state index < -0.39 is 0 Å². The Morgan fingerprint density at radius 2 is 2.00 bits per heavy atom. The predicted molar refractivity (Wildman–Crippen MR) is 46.0 cm³/mol. The van der Waals surface area contributed by atoms with Crippen LogP contribution in [0.1, 0.15) is 12.8 Å². The van der Waals surface area contributed by atoms with Crippen LogP contribution < -0.4 is 0 Å². The summed E-state index contributed by atoms with van der Waals surface area (Å²) >= 11 is 6.68. The highest BCUT2D eigenvalue weighted by Crippen LogP contribution is 2.05. The molecule has 0 fully saturated rings. The molecular weight excluding hydrogens is 232 g/mol. The highest BCUT2D eigenvalue weighted by molar-refractivity contribution is 9.09. The van der Waals surface area contributed by atoms with Gasteiger partial charge in [0.1, 0.15) is 0 Å². The minimum atomic E-state index is 0.944. The first-order valence-electron chi connectivity index (χ1n) is 2.60. The number of allylic oxidation sites excluding steroid dienone is 1. The van der Waals surface area contributed by atoms with Gasteiger partial charge in [-0.2, -0.15) is 0 Å². The lowest BCUT2D eigenvalue weighted by atomic mass is 10.2. The van der Waals surface area contributed by atoms with Gasteiger partial charge in [-0.15, -0.1) is 0 Å². The average molecular weight is 242 g/mol. The molecule has 0 spiro atoms. The van der Waals surface area contributed by atoms with Gasteiger partial charge < -0.3 is 0 Å². The molecule has 0 aromatic rings. The van der Waals surface area contributed by atoms with Crippen molar-refractivity contribution in [2.24, 2.45) is 0 Å². The van der Waals surface area contributed by atoms with E-state index >= 15 is 0 Å². The fourth-order valence-electron chi connectivity index (χ4n) is 0.384. The third-order valence-corrected chi connectivity index (χ3v) is 2.21. The van der Waals surface area contributed by atoms with E-state index in [1.807, 2.05) is 0 Å². The van der Waals surface area contributed by atoms with Gasteiger partial charge in [0.15, 0.2) is 0 Å². The molecule has 0 radical (unpaired) electrons. The van der Waals surface area contributed by atoms with Gasteiger partial charge in [-0.3, -0.25) is 0 Å². The summed E-state index contributed by atoms with van der Waals surface area (Å²) in [6.45, 7) is 3.84. The SMILES string of the molecule is C=C(CBr)CCCBr. The van der Waals surface area contributed by atoms with Crippen molar-refractivity contribution in [3.63, 3.8) is 0 Å². The zero-order valence-corrected chi connectivity index (χ0v) is 7.96. The average Bonchev–Trinajstić information content (AvgIpc) is 1.83. The summed E-state index contributed by atoms with van der Waals surface area (Å²) in [5.41, 5.74) is 1.28. The molecule has 0 aromatic heterocycles. The third kappa shape index (κ3) is 4.85. The van der Waals surface area contributed by atoms with Gasteiger partial charge in [-0.05, 0) is 12.8 Å². The molecule has 0 rings (SSSR count). The fraction of sp³-hybridized carbons (Fsp3) is 0.667. The van der Waals surface area contributed by atoms with Gasteiger partial charge in [-0.1, -0.05) is 44.0 Å². The summed E-state index contributed by atoms with van der Waals surface area (Å²) in [5, 5.41) is 2.03. The van der Waals surface area contributed by atoms with Crippen LogP contribution in [-0.2, 0) is 0 Å². The number of rotatable bonds is 4. The molecule has 0 nitrogen and oxygen atoms in total. The van der Waals surface area contributed by atoms with E-state index in [9.17, 15) is 0 Å². The largest absolute Gasteiger partial charge is 0.0990 e. The minimum absolute atomic E-state index is 0.944. The van der Waals surface area contributed by atoms with E-state index in [2.05, 4.69) is 38.4 Å². The maximum atomic E-state index is 3.84. The van der Waals surface area contributed by atoms with Gasteiger partial charge in [-0.25, -0.2) is 0 Å². The predicted octanol–water partition coefficient (Wildman–Crippen LogP) is 3.11. The summed E-state index contributed by atoms with van der Waals surface area (Å²) in [7, 11) is 0. The molecule has 8 heavy (non-hydrogen) atoms. The van der Waals surface area contributed by atoms with Gasteiger partial charge in [0.05, 0.1) is 0 Å². The summed E-state index contributed by atoms with van der Waals surface area (Å²) in [5.74, 6) is 0. The fourth-order valence-corrected chi connectivity index (χ4v) is 0.944. The smallest absolute Gasteiger partial charge is 0.0239 e. The van der Waals surface area contributed by atoms with Crippen molar-refractivity contribution >= 4 is 31.9 Å². The monoisotopic (exact) mass is 240 g/mol. The summed E-state index contributed by atoms with van der Waals surface area (Å²) in [6, 6.07) is 0. The quantitative estimate of drug-likeness (QED) is 0.524. The summed E-state index contributed by atoms with van der Waals surface area (Å²) in [6.07, 6.45) is 2.33. The molecule has 48 valence electrons. The molecule has 0 aliphatic carbocycles. The van der Waals surface area contributed by atoms with E-state index in [-0.39, 0.29) is 0 Å². The normalized spacial score (nSPS) is 9.25. The van der Waals surface area contributed by atoms with Gasteiger partial charge >= 0.3 is 0 Å². The number of hydrogen-bond acceptors (Lipinski definition) is 0. The molecule has 0 aliphatic heterocycles. The van der Waals surface area contributed by atoms with Crippen LogP contribution in [0.3, 0.4) is 0 Å². The highest BCUT2D eigenvalue weighted by atomic mass is 79.9. The standard InChI is InChI=1S/C6H10Br2/c1-6(5-8)3-2-4-7/h1-5H2. The molecule has 0 saturated heterocycles. The first-order valence-corrected chi connectivity index (χ1v) is 4.84. The summed E-state index contributed by atoms with van der Waals surface area (Å²) in [4.78, 5) is 0. The lowest BCUT2D eigenvalue weighted by Gasteiger charge is -1.95. The minimum Gasteiger partial charge on any atom is -0.0990 e. The summed E-state index contributed by atoms with van der Waals surface area (Å²) < 4.78 is 0. The Morgan fingerprint density at radius 3 is 2.38 bits per heavy atom. The molecular formula is C6H10Br2. The lowest BCUT2D eigenvalue weighted by molar-refractivity contribution is 0.931. The molecule has 0 heterocycles. The second-order valence-corrected chi connectivity index (χ2v) is 3.03. The van der Waals surface area contributed by atoms with Crippen LogP contribution in [0, 0.1) is 0 Å². The van der Waals surface area contributed by atoms with Crippen LogP contribution in [0.2, 0.25) is 0 Å². The molecule has 0 aliphatic rings. The Hall–Kier alpha value is 0.700. The number of alkyl halides is 2. The first kappa shape index (κ1) is 8.70. The Labute approximate surface area is 67.6 Å². The highest BCUT2D eigenvalue weighted by Gasteiger charge is 1.88. The van der Waals surface area contributed by atoms with Crippen molar-refractivity contribution in [1.82, 2.24) is 0 Å².